The summed E-state index contributed by atoms with van der Waals surface area (Å²) in [7, 11) is 0. The SMILES string of the molecule is Cc1cnc(C(C)Nc2ncc(N)cc2Br)o1. The summed E-state index contributed by atoms with van der Waals surface area (Å²) < 4.78 is 6.25. The molecule has 0 aliphatic rings. The molecule has 0 aliphatic heterocycles. The second kappa shape index (κ2) is 4.75. The smallest absolute Gasteiger partial charge is 0.216 e. The van der Waals surface area contributed by atoms with Gasteiger partial charge in [-0.3, -0.25) is 0 Å². The van der Waals surface area contributed by atoms with Crippen LogP contribution < -0.4 is 11.1 Å². The molecule has 0 saturated heterocycles. The number of oxazole rings is 1. The summed E-state index contributed by atoms with van der Waals surface area (Å²) in [4.78, 5) is 8.36. The number of hydrogen-bond donors (Lipinski definition) is 2. The molecule has 2 aromatic rings. The van der Waals surface area contributed by atoms with Crippen LogP contribution in [0, 0.1) is 6.92 Å². The summed E-state index contributed by atoms with van der Waals surface area (Å²) in [6.45, 7) is 3.82. The van der Waals surface area contributed by atoms with Crippen molar-refractivity contribution in [2.24, 2.45) is 0 Å². The maximum absolute atomic E-state index is 5.62. The Bertz CT molecular complexity index is 526. The van der Waals surface area contributed by atoms with Gasteiger partial charge in [0.15, 0.2) is 0 Å². The third-order valence-corrected chi connectivity index (χ3v) is 2.83. The number of pyridine rings is 1. The minimum atomic E-state index is -0.0591. The molecule has 0 aromatic carbocycles. The van der Waals surface area contributed by atoms with E-state index in [1.54, 1.807) is 18.5 Å². The first kappa shape index (κ1) is 11.9. The average molecular weight is 297 g/mol. The number of nitrogen functional groups attached to an aromatic ring is 1. The van der Waals surface area contributed by atoms with Crippen molar-refractivity contribution in [1.82, 2.24) is 9.97 Å². The van der Waals surface area contributed by atoms with Crippen molar-refractivity contribution in [3.8, 4) is 0 Å². The van der Waals surface area contributed by atoms with Gasteiger partial charge in [0.25, 0.3) is 0 Å². The molecule has 0 amide bonds. The van der Waals surface area contributed by atoms with Crippen LogP contribution in [0.15, 0.2) is 27.3 Å². The van der Waals surface area contributed by atoms with Crippen LogP contribution >= 0.6 is 15.9 Å². The molecular formula is C11H13BrN4O. The Kier molecular flexibility index (Phi) is 3.33. The number of nitrogens with zero attached hydrogens (tertiary/aromatic N) is 2. The Hall–Kier alpha value is -1.56. The number of halogens is 1. The van der Waals surface area contributed by atoms with Crippen LogP contribution in [0.4, 0.5) is 11.5 Å². The van der Waals surface area contributed by atoms with Crippen LogP contribution in [0.1, 0.15) is 24.6 Å². The van der Waals surface area contributed by atoms with E-state index in [-0.39, 0.29) is 6.04 Å². The summed E-state index contributed by atoms with van der Waals surface area (Å²) in [6.07, 6.45) is 3.29. The first-order valence-electron chi connectivity index (χ1n) is 5.16. The van der Waals surface area contributed by atoms with E-state index in [4.69, 9.17) is 10.2 Å². The van der Waals surface area contributed by atoms with Crippen molar-refractivity contribution >= 4 is 27.4 Å². The monoisotopic (exact) mass is 296 g/mol. The Morgan fingerprint density at radius 1 is 1.41 bits per heavy atom. The first-order chi connectivity index (χ1) is 8.06. The minimum Gasteiger partial charge on any atom is -0.444 e. The van der Waals surface area contributed by atoms with Crippen molar-refractivity contribution in [1.29, 1.82) is 0 Å². The molecular weight excluding hydrogens is 284 g/mol. The molecule has 1 unspecified atom stereocenters. The lowest BCUT2D eigenvalue weighted by atomic mass is 10.3. The molecule has 0 saturated carbocycles. The van der Waals surface area contributed by atoms with Crippen LogP contribution in [-0.2, 0) is 0 Å². The van der Waals surface area contributed by atoms with Crippen molar-refractivity contribution in [2.75, 3.05) is 11.1 Å². The van der Waals surface area contributed by atoms with Crippen molar-refractivity contribution in [3.63, 3.8) is 0 Å². The topological polar surface area (TPSA) is 77.0 Å². The number of nitrogens with one attached hydrogen (secondary N) is 1. The van der Waals surface area contributed by atoms with Crippen LogP contribution in [0.25, 0.3) is 0 Å². The third-order valence-electron chi connectivity index (χ3n) is 2.23. The fraction of sp³-hybridized carbons (Fsp3) is 0.273. The summed E-state index contributed by atoms with van der Waals surface area (Å²) in [5.41, 5.74) is 6.23. The Balaban J connectivity index is 2.15. The van der Waals surface area contributed by atoms with E-state index in [1.807, 2.05) is 13.8 Å². The number of anilines is 2. The summed E-state index contributed by atoms with van der Waals surface area (Å²) in [5.74, 6) is 2.13. The van der Waals surface area contributed by atoms with E-state index in [2.05, 4.69) is 31.2 Å². The second-order valence-corrected chi connectivity index (χ2v) is 4.63. The Labute approximate surface area is 108 Å². The van der Waals surface area contributed by atoms with Gasteiger partial charge >= 0.3 is 0 Å². The van der Waals surface area contributed by atoms with Gasteiger partial charge in [0.05, 0.1) is 22.6 Å². The van der Waals surface area contributed by atoms with Gasteiger partial charge in [-0.25, -0.2) is 9.97 Å². The predicted molar refractivity (Wildman–Crippen MR) is 69.6 cm³/mol. The molecule has 17 heavy (non-hydrogen) atoms. The fourth-order valence-corrected chi connectivity index (χ4v) is 1.88. The first-order valence-corrected chi connectivity index (χ1v) is 5.95. The zero-order valence-corrected chi connectivity index (χ0v) is 11.2. The molecule has 2 heterocycles. The highest BCUT2D eigenvalue weighted by Gasteiger charge is 2.13. The van der Waals surface area contributed by atoms with E-state index < -0.39 is 0 Å². The van der Waals surface area contributed by atoms with Crippen LogP contribution in [-0.4, -0.2) is 9.97 Å². The maximum Gasteiger partial charge on any atom is 0.216 e. The fourth-order valence-electron chi connectivity index (χ4n) is 1.40. The molecule has 90 valence electrons. The zero-order chi connectivity index (χ0) is 12.4. The molecule has 1 atom stereocenters. The lowest BCUT2D eigenvalue weighted by Gasteiger charge is -2.12. The van der Waals surface area contributed by atoms with Gasteiger partial charge in [0.2, 0.25) is 5.89 Å². The Morgan fingerprint density at radius 2 is 2.18 bits per heavy atom. The van der Waals surface area contributed by atoms with Crippen molar-refractivity contribution < 1.29 is 4.42 Å². The van der Waals surface area contributed by atoms with E-state index in [0.717, 1.165) is 10.2 Å². The van der Waals surface area contributed by atoms with Crippen LogP contribution in [0.5, 0.6) is 0 Å². The zero-order valence-electron chi connectivity index (χ0n) is 9.57. The van der Waals surface area contributed by atoms with Gasteiger partial charge in [-0.05, 0) is 35.8 Å². The van der Waals surface area contributed by atoms with Gasteiger partial charge in [-0.15, -0.1) is 0 Å². The number of aromatic nitrogens is 2. The summed E-state index contributed by atoms with van der Waals surface area (Å²) in [5, 5.41) is 3.20. The van der Waals surface area contributed by atoms with Gasteiger partial charge < -0.3 is 15.5 Å². The molecule has 0 aliphatic carbocycles. The number of rotatable bonds is 3. The lowest BCUT2D eigenvalue weighted by molar-refractivity contribution is 0.453. The van der Waals surface area contributed by atoms with E-state index in [1.165, 1.54) is 0 Å². The molecule has 0 radical (unpaired) electrons. The highest BCUT2D eigenvalue weighted by molar-refractivity contribution is 9.10. The van der Waals surface area contributed by atoms with Crippen molar-refractivity contribution in [3.05, 3.63) is 34.6 Å². The molecule has 0 bridgehead atoms. The van der Waals surface area contributed by atoms with E-state index in [0.29, 0.717) is 17.4 Å². The van der Waals surface area contributed by atoms with Crippen LogP contribution in [0.2, 0.25) is 0 Å². The maximum atomic E-state index is 5.62. The summed E-state index contributed by atoms with van der Waals surface area (Å²) >= 11 is 3.40. The van der Waals surface area contributed by atoms with Gasteiger partial charge in [0.1, 0.15) is 17.6 Å². The largest absolute Gasteiger partial charge is 0.444 e. The average Bonchev–Trinajstić information content (AvgIpc) is 2.69. The molecule has 5 nitrogen and oxygen atoms in total. The Morgan fingerprint density at radius 3 is 2.76 bits per heavy atom. The third kappa shape index (κ3) is 2.76. The quantitative estimate of drug-likeness (QED) is 0.911. The normalized spacial score (nSPS) is 12.4. The molecule has 0 spiro atoms. The standard InChI is InChI=1S/C11H13BrN4O/c1-6-4-15-11(17-6)7(2)16-10-9(12)3-8(13)5-14-10/h3-5,7H,13H2,1-2H3,(H,14,16). The molecule has 6 heteroatoms. The highest BCUT2D eigenvalue weighted by Crippen LogP contribution is 2.25. The summed E-state index contributed by atoms with van der Waals surface area (Å²) in [6, 6.07) is 1.74. The van der Waals surface area contributed by atoms with Crippen LogP contribution in [0.3, 0.4) is 0 Å². The van der Waals surface area contributed by atoms with Gasteiger partial charge in [-0.1, -0.05) is 0 Å². The van der Waals surface area contributed by atoms with E-state index in [9.17, 15) is 0 Å². The highest BCUT2D eigenvalue weighted by atomic mass is 79.9. The predicted octanol–water partition coefficient (Wildman–Crippen LogP) is 2.90. The molecule has 0 fully saturated rings. The van der Waals surface area contributed by atoms with Gasteiger partial charge in [-0.2, -0.15) is 0 Å². The van der Waals surface area contributed by atoms with E-state index >= 15 is 0 Å². The number of hydrogen-bond acceptors (Lipinski definition) is 5. The second-order valence-electron chi connectivity index (χ2n) is 3.77. The molecule has 3 N–H and O–H groups in total. The van der Waals surface area contributed by atoms with Gasteiger partial charge in [0, 0.05) is 0 Å². The lowest BCUT2D eigenvalue weighted by Crippen LogP contribution is -2.09. The minimum absolute atomic E-state index is 0.0591. The molecule has 2 aromatic heterocycles. The number of nitrogens with two attached hydrogens (primary N) is 1. The van der Waals surface area contributed by atoms with Crippen molar-refractivity contribution in [2.45, 2.75) is 19.9 Å². The number of aryl methyl sites for hydroxylation is 1. The molecule has 2 rings (SSSR count).